The molecule has 3 nitrogen and oxygen atoms in total. The summed E-state index contributed by atoms with van der Waals surface area (Å²) in [4.78, 5) is 14.0. The van der Waals surface area contributed by atoms with Gasteiger partial charge < -0.3 is 10.2 Å². The average molecular weight is 260 g/mol. The van der Waals surface area contributed by atoms with Crippen LogP contribution in [0.5, 0.6) is 0 Å². The number of rotatable bonds is 5. The van der Waals surface area contributed by atoms with Crippen molar-refractivity contribution < 1.29 is 4.79 Å². The molecule has 1 aliphatic rings. The van der Waals surface area contributed by atoms with E-state index in [0.717, 1.165) is 32.4 Å². The smallest absolute Gasteiger partial charge is 0.222 e. The lowest BCUT2D eigenvalue weighted by atomic mass is 10.1. The third kappa shape index (κ3) is 3.80. The highest BCUT2D eigenvalue weighted by Gasteiger charge is 2.22. The first-order valence-corrected chi connectivity index (χ1v) is 7.25. The Morgan fingerprint density at radius 2 is 2.00 bits per heavy atom. The van der Waals surface area contributed by atoms with E-state index in [1.807, 2.05) is 11.9 Å². The Labute approximate surface area is 116 Å². The van der Waals surface area contributed by atoms with Crippen LogP contribution >= 0.6 is 0 Å². The number of carbonyl (C=O) groups excluding carboxylic acids is 1. The highest BCUT2D eigenvalue weighted by molar-refractivity contribution is 5.76. The molecule has 1 heterocycles. The lowest BCUT2D eigenvalue weighted by Gasteiger charge is -2.23. The van der Waals surface area contributed by atoms with Crippen LogP contribution < -0.4 is 5.32 Å². The molecule has 0 bridgehead atoms. The molecule has 0 radical (unpaired) electrons. The zero-order valence-electron chi connectivity index (χ0n) is 12.0. The number of amides is 1. The first-order chi connectivity index (χ1) is 9.20. The van der Waals surface area contributed by atoms with E-state index in [1.54, 1.807) is 0 Å². The number of benzene rings is 1. The molecule has 1 atom stereocenters. The number of hydrogen-bond donors (Lipinski definition) is 1. The monoisotopic (exact) mass is 260 g/mol. The molecule has 3 heteroatoms. The fourth-order valence-corrected chi connectivity index (χ4v) is 2.54. The topological polar surface area (TPSA) is 32.3 Å². The standard InChI is InChI=1S/C16H24N2O/c1-3-13-4-6-14(7-5-13)8-9-16(19)18(2)15-10-11-17-12-15/h4-7,15,17H,3,8-12H2,1-2H3. The second kappa shape index (κ2) is 6.71. The van der Waals surface area contributed by atoms with Gasteiger partial charge in [0.05, 0.1) is 0 Å². The van der Waals surface area contributed by atoms with E-state index in [1.165, 1.54) is 11.1 Å². The molecule has 0 saturated carbocycles. The van der Waals surface area contributed by atoms with Crippen molar-refractivity contribution in [2.45, 2.75) is 38.6 Å². The Balaban J connectivity index is 1.81. The van der Waals surface area contributed by atoms with Gasteiger partial charge in [0, 0.05) is 26.1 Å². The molecule has 1 saturated heterocycles. The average Bonchev–Trinajstić information content (AvgIpc) is 2.98. The number of likely N-dealkylation sites (N-methyl/N-ethyl adjacent to an activating group) is 1. The van der Waals surface area contributed by atoms with Gasteiger partial charge in [-0.05, 0) is 36.9 Å². The molecule has 0 aromatic heterocycles. The Morgan fingerprint density at radius 3 is 2.58 bits per heavy atom. The van der Waals surface area contributed by atoms with Gasteiger partial charge in [-0.2, -0.15) is 0 Å². The molecular weight excluding hydrogens is 236 g/mol. The van der Waals surface area contributed by atoms with Crippen LogP contribution in [0.4, 0.5) is 0 Å². The van der Waals surface area contributed by atoms with Crippen LogP contribution in [0.25, 0.3) is 0 Å². The minimum atomic E-state index is 0.258. The summed E-state index contributed by atoms with van der Waals surface area (Å²) in [6.45, 7) is 4.12. The summed E-state index contributed by atoms with van der Waals surface area (Å²) in [6.07, 6.45) is 3.59. The second-order valence-corrected chi connectivity index (χ2v) is 5.32. The van der Waals surface area contributed by atoms with Crippen molar-refractivity contribution in [1.29, 1.82) is 0 Å². The highest BCUT2D eigenvalue weighted by atomic mass is 16.2. The van der Waals surface area contributed by atoms with E-state index in [-0.39, 0.29) is 5.91 Å². The van der Waals surface area contributed by atoms with E-state index in [4.69, 9.17) is 0 Å². The summed E-state index contributed by atoms with van der Waals surface area (Å²) in [6, 6.07) is 8.98. The SMILES string of the molecule is CCc1ccc(CCC(=O)N(C)C2CCNC2)cc1. The first-order valence-electron chi connectivity index (χ1n) is 7.25. The van der Waals surface area contributed by atoms with Crippen molar-refractivity contribution >= 4 is 5.91 Å². The van der Waals surface area contributed by atoms with Gasteiger partial charge in [0.25, 0.3) is 0 Å². The van der Waals surface area contributed by atoms with Crippen LogP contribution in [0.1, 0.15) is 30.9 Å². The third-order valence-corrected chi connectivity index (χ3v) is 4.03. The number of carbonyl (C=O) groups is 1. The van der Waals surface area contributed by atoms with Crippen LogP contribution in [0.3, 0.4) is 0 Å². The molecule has 1 aromatic carbocycles. The Morgan fingerprint density at radius 1 is 1.32 bits per heavy atom. The second-order valence-electron chi connectivity index (χ2n) is 5.32. The molecule has 1 aliphatic heterocycles. The van der Waals surface area contributed by atoms with E-state index in [2.05, 4.69) is 36.5 Å². The van der Waals surface area contributed by atoms with E-state index in [9.17, 15) is 4.79 Å². The van der Waals surface area contributed by atoms with Gasteiger partial charge in [-0.25, -0.2) is 0 Å². The molecule has 19 heavy (non-hydrogen) atoms. The van der Waals surface area contributed by atoms with Gasteiger partial charge in [0.1, 0.15) is 0 Å². The van der Waals surface area contributed by atoms with Crippen molar-refractivity contribution in [3.8, 4) is 0 Å². The molecule has 1 N–H and O–H groups in total. The third-order valence-electron chi connectivity index (χ3n) is 4.03. The Kier molecular flexibility index (Phi) is 4.97. The highest BCUT2D eigenvalue weighted by Crippen LogP contribution is 2.11. The summed E-state index contributed by atoms with van der Waals surface area (Å²) in [5, 5.41) is 3.30. The maximum atomic E-state index is 12.1. The number of nitrogens with zero attached hydrogens (tertiary/aromatic N) is 1. The van der Waals surface area contributed by atoms with E-state index in [0.29, 0.717) is 12.5 Å². The van der Waals surface area contributed by atoms with E-state index < -0.39 is 0 Å². The lowest BCUT2D eigenvalue weighted by molar-refractivity contribution is -0.131. The Bertz CT molecular complexity index is 407. The van der Waals surface area contributed by atoms with Crippen LogP contribution in [-0.4, -0.2) is 37.0 Å². The van der Waals surface area contributed by atoms with Gasteiger partial charge in [-0.3, -0.25) is 4.79 Å². The van der Waals surface area contributed by atoms with Gasteiger partial charge in [-0.1, -0.05) is 31.2 Å². The van der Waals surface area contributed by atoms with Crippen LogP contribution in [0, 0.1) is 0 Å². The number of nitrogens with one attached hydrogen (secondary N) is 1. The zero-order chi connectivity index (χ0) is 13.7. The molecular formula is C16H24N2O. The predicted molar refractivity (Wildman–Crippen MR) is 78.2 cm³/mol. The summed E-state index contributed by atoms with van der Waals surface area (Å²) in [5.74, 6) is 0.258. The number of hydrogen-bond acceptors (Lipinski definition) is 2. The van der Waals surface area contributed by atoms with Gasteiger partial charge in [0.2, 0.25) is 5.91 Å². The normalized spacial score (nSPS) is 18.5. The summed E-state index contributed by atoms with van der Waals surface area (Å²) < 4.78 is 0. The van der Waals surface area contributed by atoms with Crippen molar-refractivity contribution in [2.75, 3.05) is 20.1 Å². The fraction of sp³-hybridized carbons (Fsp3) is 0.562. The van der Waals surface area contributed by atoms with Crippen LogP contribution in [0.15, 0.2) is 24.3 Å². The summed E-state index contributed by atoms with van der Waals surface area (Å²) >= 11 is 0. The zero-order valence-corrected chi connectivity index (χ0v) is 12.0. The molecule has 1 aromatic rings. The minimum absolute atomic E-state index is 0.258. The maximum absolute atomic E-state index is 12.1. The lowest BCUT2D eigenvalue weighted by Crippen LogP contribution is -2.38. The van der Waals surface area contributed by atoms with Crippen LogP contribution in [0.2, 0.25) is 0 Å². The molecule has 0 spiro atoms. The Hall–Kier alpha value is -1.35. The van der Waals surface area contributed by atoms with Crippen molar-refractivity contribution in [3.63, 3.8) is 0 Å². The van der Waals surface area contributed by atoms with Crippen molar-refractivity contribution in [3.05, 3.63) is 35.4 Å². The largest absolute Gasteiger partial charge is 0.341 e. The summed E-state index contributed by atoms with van der Waals surface area (Å²) in [7, 11) is 1.93. The molecule has 1 fully saturated rings. The van der Waals surface area contributed by atoms with Gasteiger partial charge >= 0.3 is 0 Å². The maximum Gasteiger partial charge on any atom is 0.222 e. The van der Waals surface area contributed by atoms with Crippen LogP contribution in [-0.2, 0) is 17.6 Å². The molecule has 0 aliphatic carbocycles. The van der Waals surface area contributed by atoms with Gasteiger partial charge in [0.15, 0.2) is 0 Å². The quantitative estimate of drug-likeness (QED) is 0.878. The van der Waals surface area contributed by atoms with E-state index >= 15 is 0 Å². The molecule has 1 unspecified atom stereocenters. The van der Waals surface area contributed by atoms with Gasteiger partial charge in [-0.15, -0.1) is 0 Å². The summed E-state index contributed by atoms with van der Waals surface area (Å²) in [5.41, 5.74) is 2.60. The predicted octanol–water partition coefficient (Wildman–Crippen LogP) is 2.00. The van der Waals surface area contributed by atoms with Crippen molar-refractivity contribution in [1.82, 2.24) is 10.2 Å². The molecule has 2 rings (SSSR count). The fourth-order valence-electron chi connectivity index (χ4n) is 2.54. The minimum Gasteiger partial charge on any atom is -0.341 e. The first kappa shape index (κ1) is 14.1. The molecule has 104 valence electrons. The van der Waals surface area contributed by atoms with Crippen molar-refractivity contribution in [2.24, 2.45) is 0 Å². The number of aryl methyl sites for hydroxylation is 2. The molecule has 1 amide bonds.